The van der Waals surface area contributed by atoms with Crippen LogP contribution in [0.3, 0.4) is 0 Å². The number of fused-ring (bicyclic) bond motifs is 1. The molecule has 1 N–H and O–H groups in total. The van der Waals surface area contributed by atoms with E-state index in [9.17, 15) is 4.79 Å². The molecule has 0 bridgehead atoms. The van der Waals surface area contributed by atoms with Crippen molar-refractivity contribution in [3.05, 3.63) is 54.3 Å². The van der Waals surface area contributed by atoms with Gasteiger partial charge in [0.1, 0.15) is 11.8 Å². The zero-order valence-electron chi connectivity index (χ0n) is 13.4. The lowest BCUT2D eigenvalue weighted by Crippen LogP contribution is -2.39. The molecule has 1 amide bonds. The summed E-state index contributed by atoms with van der Waals surface area (Å²) in [4.78, 5) is 14.3. The minimum absolute atomic E-state index is 0.131. The first-order chi connectivity index (χ1) is 11.0. The summed E-state index contributed by atoms with van der Waals surface area (Å²) in [5.74, 6) is 0.969. The average molecular weight is 309 g/mol. The Morgan fingerprint density at radius 3 is 2.61 bits per heavy atom. The second-order valence-corrected chi connectivity index (χ2v) is 5.63. The summed E-state index contributed by atoms with van der Waals surface area (Å²) in [5, 5.41) is 8.88. The Kier molecular flexibility index (Phi) is 4.02. The van der Waals surface area contributed by atoms with Crippen molar-refractivity contribution in [2.75, 3.05) is 17.3 Å². The number of likely N-dealkylation sites (N-methyl/N-ethyl adjacent to an activating group) is 1. The van der Waals surface area contributed by atoms with Gasteiger partial charge in [0.15, 0.2) is 5.82 Å². The topological polar surface area (TPSA) is 58.4 Å². The summed E-state index contributed by atoms with van der Waals surface area (Å²) in [6.07, 6.45) is 0. The highest BCUT2D eigenvalue weighted by Gasteiger charge is 2.19. The quantitative estimate of drug-likeness (QED) is 0.800. The highest BCUT2D eigenvalue weighted by atomic mass is 16.5. The van der Waals surface area contributed by atoms with Crippen LogP contribution in [0.15, 0.2) is 53.1 Å². The van der Waals surface area contributed by atoms with Crippen molar-refractivity contribution >= 4 is 28.2 Å². The zero-order valence-corrected chi connectivity index (χ0v) is 13.4. The number of aryl methyl sites for hydroxylation is 1. The van der Waals surface area contributed by atoms with Crippen molar-refractivity contribution in [3.63, 3.8) is 0 Å². The number of nitrogens with one attached hydrogen (secondary N) is 1. The van der Waals surface area contributed by atoms with Gasteiger partial charge >= 0.3 is 0 Å². The summed E-state index contributed by atoms with van der Waals surface area (Å²) in [6.45, 7) is 3.64. The number of aromatic nitrogens is 1. The van der Waals surface area contributed by atoms with Crippen LogP contribution in [0.5, 0.6) is 0 Å². The Morgan fingerprint density at radius 1 is 1.17 bits per heavy atom. The molecule has 3 rings (SSSR count). The van der Waals surface area contributed by atoms with Gasteiger partial charge in [-0.3, -0.25) is 4.79 Å². The van der Waals surface area contributed by atoms with Crippen LogP contribution in [0, 0.1) is 6.92 Å². The monoisotopic (exact) mass is 309 g/mol. The molecule has 0 radical (unpaired) electrons. The number of rotatable bonds is 4. The predicted molar refractivity (Wildman–Crippen MR) is 91.7 cm³/mol. The number of anilines is 2. The zero-order chi connectivity index (χ0) is 16.4. The van der Waals surface area contributed by atoms with E-state index in [1.807, 2.05) is 37.1 Å². The van der Waals surface area contributed by atoms with E-state index in [0.717, 1.165) is 11.1 Å². The van der Waals surface area contributed by atoms with Crippen molar-refractivity contribution < 1.29 is 9.32 Å². The fraction of sp³-hybridized carbons (Fsp3) is 0.222. The van der Waals surface area contributed by atoms with Crippen LogP contribution in [0.1, 0.15) is 12.7 Å². The first kappa shape index (κ1) is 15.1. The molecule has 5 nitrogen and oxygen atoms in total. The van der Waals surface area contributed by atoms with E-state index in [1.165, 1.54) is 5.39 Å². The standard InChI is InChI=1S/C18H19N3O2/c1-12-10-17(20-23-12)19-18(22)13(2)21(3)16-9-8-14-6-4-5-7-15(14)11-16/h4-11,13H,1-3H3,(H,19,20,22). The smallest absolute Gasteiger partial charge is 0.248 e. The molecule has 0 aliphatic carbocycles. The molecule has 3 aromatic rings. The van der Waals surface area contributed by atoms with Crippen LogP contribution >= 0.6 is 0 Å². The van der Waals surface area contributed by atoms with Gasteiger partial charge in [0, 0.05) is 18.8 Å². The van der Waals surface area contributed by atoms with E-state index in [-0.39, 0.29) is 11.9 Å². The van der Waals surface area contributed by atoms with Gasteiger partial charge in [0.2, 0.25) is 5.91 Å². The molecule has 118 valence electrons. The molecule has 1 atom stereocenters. The number of benzene rings is 2. The second-order valence-electron chi connectivity index (χ2n) is 5.63. The largest absolute Gasteiger partial charge is 0.363 e. The van der Waals surface area contributed by atoms with Gasteiger partial charge < -0.3 is 14.7 Å². The molecular formula is C18H19N3O2. The van der Waals surface area contributed by atoms with Gasteiger partial charge in [-0.15, -0.1) is 0 Å². The second kappa shape index (κ2) is 6.12. The van der Waals surface area contributed by atoms with Crippen LogP contribution < -0.4 is 10.2 Å². The van der Waals surface area contributed by atoms with Gasteiger partial charge in [-0.2, -0.15) is 0 Å². The molecule has 1 unspecified atom stereocenters. The molecule has 0 fully saturated rings. The third kappa shape index (κ3) is 3.18. The molecule has 0 saturated carbocycles. The highest BCUT2D eigenvalue weighted by Crippen LogP contribution is 2.23. The van der Waals surface area contributed by atoms with Crippen LogP contribution in [-0.2, 0) is 4.79 Å². The minimum Gasteiger partial charge on any atom is -0.363 e. The molecule has 0 aliphatic heterocycles. The van der Waals surface area contributed by atoms with Crippen molar-refractivity contribution in [1.82, 2.24) is 5.16 Å². The van der Waals surface area contributed by atoms with Crippen molar-refractivity contribution in [3.8, 4) is 0 Å². The summed E-state index contributed by atoms with van der Waals surface area (Å²) >= 11 is 0. The van der Waals surface area contributed by atoms with E-state index >= 15 is 0 Å². The maximum Gasteiger partial charge on any atom is 0.248 e. The highest BCUT2D eigenvalue weighted by molar-refractivity contribution is 5.96. The Balaban J connectivity index is 1.77. The van der Waals surface area contributed by atoms with Crippen molar-refractivity contribution in [2.45, 2.75) is 19.9 Å². The Labute approximate surface area is 134 Å². The fourth-order valence-corrected chi connectivity index (χ4v) is 2.45. The number of hydrogen-bond acceptors (Lipinski definition) is 4. The van der Waals surface area contributed by atoms with Gasteiger partial charge in [0.05, 0.1) is 0 Å². The van der Waals surface area contributed by atoms with E-state index in [2.05, 4.69) is 34.7 Å². The molecular weight excluding hydrogens is 290 g/mol. The Bertz CT molecular complexity index is 841. The van der Waals surface area contributed by atoms with Gasteiger partial charge in [-0.25, -0.2) is 0 Å². The number of carbonyl (C=O) groups excluding carboxylic acids is 1. The van der Waals surface area contributed by atoms with Gasteiger partial charge in [-0.05, 0) is 36.8 Å². The maximum absolute atomic E-state index is 12.4. The van der Waals surface area contributed by atoms with Crippen LogP contribution in [0.4, 0.5) is 11.5 Å². The molecule has 5 heteroatoms. The average Bonchev–Trinajstić information content (AvgIpc) is 2.97. The van der Waals surface area contributed by atoms with Crippen molar-refractivity contribution in [2.24, 2.45) is 0 Å². The van der Waals surface area contributed by atoms with Gasteiger partial charge in [-0.1, -0.05) is 35.5 Å². The predicted octanol–water partition coefficient (Wildman–Crippen LogP) is 3.60. The Hall–Kier alpha value is -2.82. The lowest BCUT2D eigenvalue weighted by Gasteiger charge is -2.26. The lowest BCUT2D eigenvalue weighted by atomic mass is 10.1. The number of nitrogens with zero attached hydrogens (tertiary/aromatic N) is 2. The van der Waals surface area contributed by atoms with Crippen molar-refractivity contribution in [1.29, 1.82) is 0 Å². The molecule has 23 heavy (non-hydrogen) atoms. The van der Waals surface area contributed by atoms with Crippen LogP contribution in [-0.4, -0.2) is 24.2 Å². The van der Waals surface area contributed by atoms with E-state index in [0.29, 0.717) is 11.6 Å². The summed E-state index contributed by atoms with van der Waals surface area (Å²) in [6, 6.07) is 15.7. The Morgan fingerprint density at radius 2 is 1.91 bits per heavy atom. The molecule has 1 aromatic heterocycles. The lowest BCUT2D eigenvalue weighted by molar-refractivity contribution is -0.117. The van der Waals surface area contributed by atoms with Crippen LogP contribution in [0.25, 0.3) is 10.8 Å². The third-order valence-corrected chi connectivity index (χ3v) is 3.98. The molecule has 0 aliphatic rings. The molecule has 0 spiro atoms. The summed E-state index contributed by atoms with van der Waals surface area (Å²) in [5.41, 5.74) is 0.989. The molecule has 2 aromatic carbocycles. The van der Waals surface area contributed by atoms with Gasteiger partial charge in [0.25, 0.3) is 0 Å². The van der Waals surface area contributed by atoms with Crippen LogP contribution in [0.2, 0.25) is 0 Å². The first-order valence-electron chi connectivity index (χ1n) is 7.50. The van der Waals surface area contributed by atoms with E-state index in [4.69, 9.17) is 4.52 Å². The fourth-order valence-electron chi connectivity index (χ4n) is 2.45. The summed E-state index contributed by atoms with van der Waals surface area (Å²) in [7, 11) is 1.91. The van der Waals surface area contributed by atoms with E-state index < -0.39 is 0 Å². The summed E-state index contributed by atoms with van der Waals surface area (Å²) < 4.78 is 4.96. The number of amides is 1. The van der Waals surface area contributed by atoms with E-state index in [1.54, 1.807) is 13.0 Å². The maximum atomic E-state index is 12.4. The minimum atomic E-state index is -0.340. The number of carbonyl (C=O) groups is 1. The SMILES string of the molecule is Cc1cc(NC(=O)C(C)N(C)c2ccc3ccccc3c2)no1. The molecule has 1 heterocycles. The first-order valence-corrected chi connectivity index (χ1v) is 7.50. The normalized spacial score (nSPS) is 12.1. The third-order valence-electron chi connectivity index (χ3n) is 3.98. The number of hydrogen-bond donors (Lipinski definition) is 1. The molecule has 0 saturated heterocycles.